The molecule has 9 rings (SSSR count). The molecule has 3 aliphatic carbocycles. The summed E-state index contributed by atoms with van der Waals surface area (Å²) in [6.45, 7) is 0. The van der Waals surface area contributed by atoms with Gasteiger partial charge < -0.3 is 9.64 Å². The van der Waals surface area contributed by atoms with Crippen LogP contribution >= 0.6 is 0 Å². The first-order chi connectivity index (χ1) is 19.4. The number of hydrogen-bond donors (Lipinski definition) is 0. The molecule has 3 unspecified atom stereocenters. The number of rotatable bonds is 1. The Labute approximate surface area is 228 Å². The van der Waals surface area contributed by atoms with Crippen LogP contribution in [0, 0.1) is 5.92 Å². The highest BCUT2D eigenvalue weighted by Crippen LogP contribution is 2.68. The van der Waals surface area contributed by atoms with E-state index in [9.17, 15) is 0 Å². The Kier molecular flexibility index (Phi) is 4.13. The molecule has 3 atom stereocenters. The molecule has 1 spiro atoms. The number of para-hydroxylation sites is 4. The molecule has 184 valence electrons. The molecule has 0 N–H and O–H groups in total. The van der Waals surface area contributed by atoms with Gasteiger partial charge >= 0.3 is 0 Å². The monoisotopic (exact) mass is 499 g/mol. The molecule has 39 heavy (non-hydrogen) atoms. The molecule has 4 aliphatic rings. The van der Waals surface area contributed by atoms with E-state index in [2.05, 4.69) is 144 Å². The minimum atomic E-state index is -0.298. The molecule has 0 bridgehead atoms. The Hall–Kier alpha value is -4.82. The van der Waals surface area contributed by atoms with Gasteiger partial charge in [0.15, 0.2) is 11.5 Å². The second-order valence-corrected chi connectivity index (χ2v) is 10.8. The highest BCUT2D eigenvalue weighted by Gasteiger charge is 2.58. The predicted octanol–water partition coefficient (Wildman–Crippen LogP) is 9.42. The minimum Gasteiger partial charge on any atom is -0.453 e. The van der Waals surface area contributed by atoms with Crippen LogP contribution in [0.2, 0.25) is 0 Å². The van der Waals surface area contributed by atoms with Crippen molar-refractivity contribution in [2.75, 3.05) is 4.90 Å². The summed E-state index contributed by atoms with van der Waals surface area (Å²) in [6, 6.07) is 41.9. The van der Waals surface area contributed by atoms with E-state index in [1.165, 1.54) is 39.1 Å². The van der Waals surface area contributed by atoms with Crippen LogP contribution in [-0.2, 0) is 5.41 Å². The fourth-order valence-electron chi connectivity index (χ4n) is 7.80. The lowest BCUT2D eigenvalue weighted by Crippen LogP contribution is -2.34. The largest absolute Gasteiger partial charge is 0.453 e. The molecule has 0 saturated carbocycles. The number of fused-ring (bicyclic) bond motifs is 12. The third kappa shape index (κ3) is 2.56. The zero-order chi connectivity index (χ0) is 25.6. The smallest absolute Gasteiger partial charge is 0.151 e. The van der Waals surface area contributed by atoms with Crippen LogP contribution in [0.25, 0.3) is 11.1 Å². The van der Waals surface area contributed by atoms with Crippen LogP contribution in [-0.4, -0.2) is 0 Å². The molecule has 1 aliphatic heterocycles. The van der Waals surface area contributed by atoms with Crippen molar-refractivity contribution in [3.05, 3.63) is 162 Å². The molecule has 5 aromatic rings. The summed E-state index contributed by atoms with van der Waals surface area (Å²) in [5.74, 6) is 2.38. The Morgan fingerprint density at radius 1 is 0.538 bits per heavy atom. The molecular weight excluding hydrogens is 474 g/mol. The number of anilines is 3. The van der Waals surface area contributed by atoms with E-state index in [-0.39, 0.29) is 11.3 Å². The topological polar surface area (TPSA) is 12.5 Å². The summed E-state index contributed by atoms with van der Waals surface area (Å²) in [4.78, 5) is 2.43. The quantitative estimate of drug-likeness (QED) is 0.223. The summed E-state index contributed by atoms with van der Waals surface area (Å²) in [7, 11) is 0. The average Bonchev–Trinajstić information content (AvgIpc) is 3.47. The first-order valence-electron chi connectivity index (χ1n) is 13.7. The van der Waals surface area contributed by atoms with E-state index in [1.54, 1.807) is 0 Å². The van der Waals surface area contributed by atoms with Gasteiger partial charge in [0.05, 0.1) is 22.5 Å². The van der Waals surface area contributed by atoms with Gasteiger partial charge in [0.25, 0.3) is 0 Å². The normalized spacial score (nSPS) is 22.4. The minimum absolute atomic E-state index is 0.287. The third-order valence-electron chi connectivity index (χ3n) is 9.13. The van der Waals surface area contributed by atoms with Crippen LogP contribution in [0.15, 0.2) is 140 Å². The van der Waals surface area contributed by atoms with Crippen LogP contribution < -0.4 is 9.64 Å². The Morgan fingerprint density at radius 2 is 1.15 bits per heavy atom. The highest BCUT2D eigenvalue weighted by atomic mass is 16.5. The number of ether oxygens (including phenoxy) is 1. The van der Waals surface area contributed by atoms with Crippen LogP contribution in [0.4, 0.5) is 17.1 Å². The maximum atomic E-state index is 6.41. The van der Waals surface area contributed by atoms with Crippen molar-refractivity contribution in [2.24, 2.45) is 5.92 Å². The second kappa shape index (κ2) is 7.61. The fourth-order valence-corrected chi connectivity index (χ4v) is 7.80. The molecule has 2 heteroatoms. The van der Waals surface area contributed by atoms with Crippen LogP contribution in [0.3, 0.4) is 0 Å². The number of nitrogens with zero attached hydrogens (tertiary/aromatic N) is 1. The SMILES string of the molecule is C1=CC2c3ccccc3C3(c4ccccc4-c4cccc(N5c6ccccc6Oc6ccccc65)c43)C2C=C1. The van der Waals surface area contributed by atoms with Crippen molar-refractivity contribution in [1.82, 2.24) is 0 Å². The molecule has 0 saturated heterocycles. The maximum absolute atomic E-state index is 6.41. The summed E-state index contributed by atoms with van der Waals surface area (Å²) < 4.78 is 6.41. The third-order valence-corrected chi connectivity index (χ3v) is 9.13. The van der Waals surface area contributed by atoms with Crippen molar-refractivity contribution in [1.29, 1.82) is 0 Å². The van der Waals surface area contributed by atoms with Gasteiger partial charge in [-0.05, 0) is 63.7 Å². The zero-order valence-electron chi connectivity index (χ0n) is 21.3. The zero-order valence-corrected chi connectivity index (χ0v) is 21.3. The van der Waals surface area contributed by atoms with Gasteiger partial charge in [0.1, 0.15) is 0 Å². The molecule has 0 fully saturated rings. The Balaban J connectivity index is 1.43. The van der Waals surface area contributed by atoms with Gasteiger partial charge in [-0.2, -0.15) is 0 Å². The number of hydrogen-bond acceptors (Lipinski definition) is 2. The van der Waals surface area contributed by atoms with E-state index in [1.807, 2.05) is 0 Å². The highest BCUT2D eigenvalue weighted by molar-refractivity contribution is 5.96. The molecule has 5 aromatic carbocycles. The predicted molar refractivity (Wildman–Crippen MR) is 157 cm³/mol. The average molecular weight is 500 g/mol. The second-order valence-electron chi connectivity index (χ2n) is 10.8. The Morgan fingerprint density at radius 3 is 1.97 bits per heavy atom. The first kappa shape index (κ1) is 21.2. The van der Waals surface area contributed by atoms with E-state index < -0.39 is 0 Å². The molecular formula is C37H25NO. The van der Waals surface area contributed by atoms with Gasteiger partial charge in [-0.3, -0.25) is 0 Å². The Bertz CT molecular complexity index is 1840. The molecule has 2 nitrogen and oxygen atoms in total. The van der Waals surface area contributed by atoms with E-state index in [4.69, 9.17) is 4.74 Å². The maximum Gasteiger partial charge on any atom is 0.151 e. The van der Waals surface area contributed by atoms with Gasteiger partial charge in [0.2, 0.25) is 0 Å². The van der Waals surface area contributed by atoms with Crippen molar-refractivity contribution >= 4 is 17.1 Å². The summed E-state index contributed by atoms with van der Waals surface area (Å²) in [5.41, 5.74) is 11.4. The van der Waals surface area contributed by atoms with Crippen LogP contribution in [0.5, 0.6) is 11.5 Å². The van der Waals surface area contributed by atoms with Crippen molar-refractivity contribution in [3.8, 4) is 22.6 Å². The summed E-state index contributed by atoms with van der Waals surface area (Å²) in [6.07, 6.45) is 9.33. The van der Waals surface area contributed by atoms with Gasteiger partial charge in [0, 0.05) is 11.8 Å². The van der Waals surface area contributed by atoms with Gasteiger partial charge in [-0.25, -0.2) is 0 Å². The van der Waals surface area contributed by atoms with Crippen molar-refractivity contribution in [2.45, 2.75) is 11.3 Å². The van der Waals surface area contributed by atoms with Gasteiger partial charge in [-0.1, -0.05) is 109 Å². The standard InChI is InChI=1S/C37H25NO/c1-4-16-28-24(12-1)25-13-2-5-17-29(25)37(28)30-18-6-3-14-26(30)27-15-11-21-33(36(27)37)38-31-19-7-9-22-34(31)39-35-23-10-8-20-32(35)38/h1-24,28H. The molecule has 0 amide bonds. The van der Waals surface area contributed by atoms with E-state index in [0.29, 0.717) is 5.92 Å². The molecule has 0 radical (unpaired) electrons. The lowest BCUT2D eigenvalue weighted by Gasteiger charge is -2.40. The fraction of sp³-hybridized carbons (Fsp3) is 0.0811. The molecule has 1 heterocycles. The van der Waals surface area contributed by atoms with Crippen molar-refractivity contribution < 1.29 is 4.74 Å². The van der Waals surface area contributed by atoms with E-state index in [0.717, 1.165) is 22.9 Å². The summed E-state index contributed by atoms with van der Waals surface area (Å²) >= 11 is 0. The number of benzene rings is 5. The summed E-state index contributed by atoms with van der Waals surface area (Å²) in [5, 5.41) is 0. The van der Waals surface area contributed by atoms with Crippen molar-refractivity contribution in [3.63, 3.8) is 0 Å². The lowest BCUT2D eigenvalue weighted by molar-refractivity contribution is 0.464. The van der Waals surface area contributed by atoms with Gasteiger partial charge in [-0.15, -0.1) is 0 Å². The number of allylic oxidation sites excluding steroid dienone is 4. The lowest BCUT2D eigenvalue weighted by atomic mass is 9.65. The first-order valence-corrected chi connectivity index (χ1v) is 13.7. The van der Waals surface area contributed by atoms with E-state index >= 15 is 0 Å². The molecule has 0 aromatic heterocycles. The van der Waals surface area contributed by atoms with Crippen LogP contribution in [0.1, 0.15) is 28.2 Å².